The Hall–Kier alpha value is -2.36. The van der Waals surface area contributed by atoms with E-state index in [1.807, 2.05) is 0 Å². The number of nitrogens with two attached hydrogens (primary N) is 1. The third-order valence-electron chi connectivity index (χ3n) is 3.85. The van der Waals surface area contributed by atoms with Gasteiger partial charge in [0.05, 0.1) is 57.1 Å². The molecule has 0 amide bonds. The Morgan fingerprint density at radius 1 is 0.786 bits per heavy atom. The van der Waals surface area contributed by atoms with E-state index in [-0.39, 0.29) is 0 Å². The second-order valence-corrected chi connectivity index (χ2v) is 6.21. The first kappa shape index (κ1) is 25.6. The summed E-state index contributed by atoms with van der Waals surface area (Å²) in [5.74, 6) is -5.84. The number of nitrogens with zero attached hydrogens (tertiary/aromatic N) is 2. The second-order valence-electron chi connectivity index (χ2n) is 6.21. The molecule has 0 spiro atoms. The molecule has 162 valence electrons. The van der Waals surface area contributed by atoms with Crippen molar-refractivity contribution in [3.8, 4) is 0 Å². The molecule has 0 radical (unpaired) electrons. The molecule has 0 aromatic carbocycles. The molecule has 28 heavy (non-hydrogen) atoms. The van der Waals surface area contributed by atoms with Crippen LogP contribution in [0.15, 0.2) is 0 Å². The summed E-state index contributed by atoms with van der Waals surface area (Å²) in [4.78, 5) is 45.7. The minimum Gasteiger partial charge on any atom is -0.480 e. The predicted molar refractivity (Wildman–Crippen MR) is 89.4 cm³/mol. The summed E-state index contributed by atoms with van der Waals surface area (Å²) in [6.07, 6.45) is -1.94. The molecule has 0 bridgehead atoms. The van der Waals surface area contributed by atoms with Gasteiger partial charge in [-0.1, -0.05) is 0 Å². The van der Waals surface area contributed by atoms with Crippen LogP contribution in [0.3, 0.4) is 0 Å². The molecule has 14 heteroatoms. The van der Waals surface area contributed by atoms with E-state index in [1.165, 1.54) is 0 Å². The average molecular weight is 411 g/mol. The monoisotopic (exact) mass is 411 g/mol. The van der Waals surface area contributed by atoms with E-state index in [2.05, 4.69) is 0 Å². The molecular weight excluding hydrogens is 386 g/mol. The minimum atomic E-state index is -2.10. The highest BCUT2D eigenvalue weighted by atomic mass is 16.4. The number of rotatable bonds is 15. The van der Waals surface area contributed by atoms with Gasteiger partial charge in [-0.3, -0.25) is 29.0 Å². The van der Waals surface area contributed by atoms with E-state index >= 15 is 0 Å². The van der Waals surface area contributed by atoms with Crippen LogP contribution < -0.4 is 5.73 Å². The number of carbonyl (C=O) groups is 4. The Labute approximate surface area is 159 Å². The Morgan fingerprint density at radius 3 is 1.43 bits per heavy atom. The first-order valence-electron chi connectivity index (χ1n) is 7.88. The van der Waals surface area contributed by atoms with Gasteiger partial charge in [-0.05, 0) is 0 Å². The highest BCUT2D eigenvalue weighted by Crippen LogP contribution is 2.17. The van der Waals surface area contributed by atoms with Gasteiger partial charge in [0, 0.05) is 6.54 Å². The molecule has 0 rings (SSSR count). The second kappa shape index (κ2) is 11.5. The molecule has 0 aliphatic heterocycles. The molecule has 0 saturated carbocycles. The minimum absolute atomic E-state index is 0.626. The number of carboxylic acids is 4. The molecule has 2 unspecified atom stereocenters. The summed E-state index contributed by atoms with van der Waals surface area (Å²) in [6.45, 7) is -6.07. The first-order chi connectivity index (χ1) is 12.9. The third kappa shape index (κ3) is 8.55. The Balaban J connectivity index is 6.01. The fourth-order valence-corrected chi connectivity index (χ4v) is 2.51. The summed E-state index contributed by atoms with van der Waals surface area (Å²) in [7, 11) is 0. The zero-order valence-electron chi connectivity index (χ0n) is 14.8. The fourth-order valence-electron chi connectivity index (χ4n) is 2.51. The molecule has 0 aliphatic rings. The van der Waals surface area contributed by atoms with E-state index < -0.39 is 87.5 Å². The Kier molecular flexibility index (Phi) is 10.5. The maximum absolute atomic E-state index is 11.1. The fraction of sp³-hybridized carbons (Fsp3) is 0.714. The highest BCUT2D eigenvalue weighted by Gasteiger charge is 2.42. The molecule has 14 nitrogen and oxygen atoms in total. The third-order valence-corrected chi connectivity index (χ3v) is 3.85. The summed E-state index contributed by atoms with van der Waals surface area (Å²) in [5.41, 5.74) is 3.60. The smallest absolute Gasteiger partial charge is 0.317 e. The van der Waals surface area contributed by atoms with Crippen molar-refractivity contribution in [1.82, 2.24) is 9.80 Å². The standard InChI is InChI=1S/C14H25N3O11/c15-14(6-18,7-19)13(28)8(17(4-11(24)25)5-12(26)27)1-16(2-9(20)21)3-10(22)23/h8,13,18-19,28H,1-7,15H2,(H,20,21)(H,22,23)(H,24,25)(H,26,27). The number of aliphatic hydroxyl groups excluding tert-OH is 3. The van der Waals surface area contributed by atoms with Crippen molar-refractivity contribution < 1.29 is 54.9 Å². The zero-order chi connectivity index (χ0) is 22.1. The van der Waals surface area contributed by atoms with Crippen molar-refractivity contribution in [2.24, 2.45) is 5.73 Å². The van der Waals surface area contributed by atoms with Crippen LogP contribution in [-0.2, 0) is 19.2 Å². The zero-order valence-corrected chi connectivity index (χ0v) is 14.8. The topological polar surface area (TPSA) is 242 Å². The largest absolute Gasteiger partial charge is 0.480 e. The van der Waals surface area contributed by atoms with E-state index in [0.29, 0.717) is 0 Å². The van der Waals surface area contributed by atoms with Gasteiger partial charge in [-0.2, -0.15) is 0 Å². The van der Waals surface area contributed by atoms with Crippen LogP contribution in [-0.4, -0.2) is 133 Å². The molecular formula is C14H25N3O11. The lowest BCUT2D eigenvalue weighted by Crippen LogP contribution is -2.67. The van der Waals surface area contributed by atoms with Gasteiger partial charge in [-0.15, -0.1) is 0 Å². The van der Waals surface area contributed by atoms with Crippen molar-refractivity contribution in [2.75, 3.05) is 45.9 Å². The number of aliphatic carboxylic acids is 4. The molecule has 9 N–H and O–H groups in total. The number of aliphatic hydroxyl groups is 3. The van der Waals surface area contributed by atoms with Crippen LogP contribution >= 0.6 is 0 Å². The number of hydrogen-bond acceptors (Lipinski definition) is 10. The van der Waals surface area contributed by atoms with Crippen molar-refractivity contribution in [3.05, 3.63) is 0 Å². The van der Waals surface area contributed by atoms with Gasteiger partial charge in [0.25, 0.3) is 0 Å². The molecule has 0 aliphatic carbocycles. The molecule has 2 atom stereocenters. The summed E-state index contributed by atoms with van der Waals surface area (Å²) >= 11 is 0. The van der Waals surface area contributed by atoms with Crippen LogP contribution in [0.1, 0.15) is 0 Å². The van der Waals surface area contributed by atoms with Gasteiger partial charge in [0.15, 0.2) is 0 Å². The van der Waals surface area contributed by atoms with E-state index in [0.717, 1.165) is 9.80 Å². The molecule has 0 aromatic rings. The highest BCUT2D eigenvalue weighted by molar-refractivity contribution is 5.73. The van der Waals surface area contributed by atoms with Crippen molar-refractivity contribution in [3.63, 3.8) is 0 Å². The van der Waals surface area contributed by atoms with Crippen LogP contribution in [0.5, 0.6) is 0 Å². The lowest BCUT2D eigenvalue weighted by atomic mass is 9.88. The van der Waals surface area contributed by atoms with Gasteiger partial charge in [0.1, 0.15) is 0 Å². The maximum atomic E-state index is 11.1. The summed E-state index contributed by atoms with van der Waals surface area (Å²) in [5, 5.41) is 65.2. The lowest BCUT2D eigenvalue weighted by molar-refractivity contribution is -0.149. The van der Waals surface area contributed by atoms with E-state index in [9.17, 15) is 34.5 Å². The van der Waals surface area contributed by atoms with E-state index in [4.69, 9.17) is 26.2 Å². The van der Waals surface area contributed by atoms with Gasteiger partial charge < -0.3 is 41.5 Å². The molecule has 0 saturated heterocycles. The number of carboxylic acid groups (broad SMARTS) is 4. The lowest BCUT2D eigenvalue weighted by Gasteiger charge is -2.42. The van der Waals surface area contributed by atoms with Crippen LogP contribution in [0.4, 0.5) is 0 Å². The summed E-state index contributed by atoms with van der Waals surface area (Å²) in [6, 6.07) is -1.55. The van der Waals surface area contributed by atoms with Crippen molar-refractivity contribution in [2.45, 2.75) is 17.7 Å². The number of hydrogen-bond donors (Lipinski definition) is 8. The van der Waals surface area contributed by atoms with Crippen molar-refractivity contribution in [1.29, 1.82) is 0 Å². The van der Waals surface area contributed by atoms with Gasteiger partial charge >= 0.3 is 23.9 Å². The van der Waals surface area contributed by atoms with Gasteiger partial charge in [-0.25, -0.2) is 0 Å². The SMILES string of the molecule is NC(CO)(CO)C(O)C(CN(CC(=O)O)CC(=O)O)N(CC(=O)O)CC(=O)O. The predicted octanol–water partition coefficient (Wildman–Crippen LogP) is -4.66. The summed E-state index contributed by atoms with van der Waals surface area (Å²) < 4.78 is 0. The maximum Gasteiger partial charge on any atom is 0.317 e. The van der Waals surface area contributed by atoms with Gasteiger partial charge in [0.2, 0.25) is 0 Å². The Morgan fingerprint density at radius 2 is 1.14 bits per heavy atom. The Bertz CT molecular complexity index is 535. The van der Waals surface area contributed by atoms with E-state index in [1.54, 1.807) is 0 Å². The first-order valence-corrected chi connectivity index (χ1v) is 7.88. The molecule has 0 aromatic heterocycles. The molecule has 0 fully saturated rings. The normalized spacial score (nSPS) is 14.1. The van der Waals surface area contributed by atoms with Crippen LogP contribution in [0, 0.1) is 0 Å². The van der Waals surface area contributed by atoms with Crippen molar-refractivity contribution >= 4 is 23.9 Å². The average Bonchev–Trinajstić information content (AvgIpc) is 2.55. The quantitative estimate of drug-likeness (QED) is 0.126. The van der Waals surface area contributed by atoms with Crippen LogP contribution in [0.2, 0.25) is 0 Å². The molecule has 0 heterocycles. The van der Waals surface area contributed by atoms with Crippen LogP contribution in [0.25, 0.3) is 0 Å².